The molecule has 0 amide bonds. The fourth-order valence-electron chi connectivity index (χ4n) is 2.27. The van der Waals surface area contributed by atoms with Gasteiger partial charge in [-0.3, -0.25) is 0 Å². The summed E-state index contributed by atoms with van der Waals surface area (Å²) >= 11 is 0. The second-order valence-electron chi connectivity index (χ2n) is 4.60. The molecule has 6 heteroatoms. The van der Waals surface area contributed by atoms with Crippen LogP contribution in [0, 0.1) is 11.3 Å². The smallest absolute Gasteiger partial charge is 0.370 e. The van der Waals surface area contributed by atoms with E-state index in [-0.39, 0.29) is 11.6 Å². The van der Waals surface area contributed by atoms with Gasteiger partial charge in [0.1, 0.15) is 0 Å². The molecule has 19 heavy (non-hydrogen) atoms. The Morgan fingerprint density at radius 1 is 1.42 bits per heavy atom. The molecule has 0 radical (unpaired) electrons. The molecule has 1 atom stereocenters. The Bertz CT molecular complexity index is 499. The topological polar surface area (TPSA) is 39.1 Å². The fraction of sp³-hybridized carbons (Fsp3) is 0.462. The van der Waals surface area contributed by atoms with Gasteiger partial charge in [0.2, 0.25) is 0 Å². The number of hydrogen-bond acceptors (Lipinski definition) is 3. The van der Waals surface area contributed by atoms with E-state index in [9.17, 15) is 13.2 Å². The molecule has 0 spiro atoms. The zero-order valence-electron chi connectivity index (χ0n) is 10.5. The van der Waals surface area contributed by atoms with Crippen LogP contribution in [-0.2, 0) is 6.18 Å². The lowest BCUT2D eigenvalue weighted by atomic mass is 10.1. The second-order valence-corrected chi connectivity index (χ2v) is 4.60. The van der Waals surface area contributed by atoms with Crippen LogP contribution in [0.3, 0.4) is 0 Å². The summed E-state index contributed by atoms with van der Waals surface area (Å²) in [6.45, 7) is 1.71. The first-order chi connectivity index (χ1) is 8.93. The SMILES string of the molecule is CN(c1ccc(C(F)(F)F)c(C#N)c1)C1CCNC1. The zero-order valence-corrected chi connectivity index (χ0v) is 10.5. The molecule has 0 bridgehead atoms. The fourth-order valence-corrected chi connectivity index (χ4v) is 2.27. The van der Waals surface area contributed by atoms with Crippen molar-refractivity contribution < 1.29 is 13.2 Å². The van der Waals surface area contributed by atoms with Gasteiger partial charge < -0.3 is 10.2 Å². The molecule has 1 aliphatic rings. The van der Waals surface area contributed by atoms with Crippen LogP contribution in [-0.4, -0.2) is 26.2 Å². The third-order valence-corrected chi connectivity index (χ3v) is 3.42. The van der Waals surface area contributed by atoms with Crippen molar-refractivity contribution in [3.8, 4) is 6.07 Å². The summed E-state index contributed by atoms with van der Waals surface area (Å²) in [5.74, 6) is 0. The Kier molecular flexibility index (Phi) is 3.67. The predicted molar refractivity (Wildman–Crippen MR) is 65.8 cm³/mol. The van der Waals surface area contributed by atoms with Gasteiger partial charge in [0.25, 0.3) is 0 Å². The molecule has 1 heterocycles. The van der Waals surface area contributed by atoms with E-state index in [4.69, 9.17) is 5.26 Å². The van der Waals surface area contributed by atoms with E-state index in [1.807, 2.05) is 11.9 Å². The number of rotatable bonds is 2. The summed E-state index contributed by atoms with van der Waals surface area (Å²) in [5.41, 5.74) is -0.572. The van der Waals surface area contributed by atoms with Crippen molar-refractivity contribution in [3.05, 3.63) is 29.3 Å². The number of nitriles is 1. The van der Waals surface area contributed by atoms with Crippen LogP contribution in [0.2, 0.25) is 0 Å². The molecule has 2 rings (SSSR count). The molecular formula is C13H14F3N3. The summed E-state index contributed by atoms with van der Waals surface area (Å²) in [5, 5.41) is 12.1. The third-order valence-electron chi connectivity index (χ3n) is 3.42. The van der Waals surface area contributed by atoms with Crippen LogP contribution >= 0.6 is 0 Å². The Balaban J connectivity index is 2.31. The normalized spacial score (nSPS) is 19.2. The number of nitrogens with one attached hydrogen (secondary N) is 1. The Morgan fingerprint density at radius 3 is 2.68 bits per heavy atom. The van der Waals surface area contributed by atoms with Crippen LogP contribution in [0.4, 0.5) is 18.9 Å². The van der Waals surface area contributed by atoms with Crippen LogP contribution in [0.15, 0.2) is 18.2 Å². The van der Waals surface area contributed by atoms with Gasteiger partial charge in [0, 0.05) is 25.3 Å². The van der Waals surface area contributed by atoms with E-state index in [1.54, 1.807) is 6.07 Å². The van der Waals surface area contributed by atoms with Crippen LogP contribution < -0.4 is 10.2 Å². The molecule has 1 N–H and O–H groups in total. The van der Waals surface area contributed by atoms with Crippen molar-refractivity contribution in [2.75, 3.05) is 25.0 Å². The molecule has 1 aromatic carbocycles. The highest BCUT2D eigenvalue weighted by atomic mass is 19.4. The minimum Gasteiger partial charge on any atom is -0.370 e. The molecule has 0 aliphatic carbocycles. The maximum absolute atomic E-state index is 12.7. The summed E-state index contributed by atoms with van der Waals surface area (Å²) in [4.78, 5) is 1.92. The zero-order chi connectivity index (χ0) is 14.0. The van der Waals surface area contributed by atoms with E-state index in [2.05, 4.69) is 5.32 Å². The number of nitrogens with zero attached hydrogens (tertiary/aromatic N) is 2. The standard InChI is InChI=1S/C13H14F3N3/c1-19(11-4-5-18-8-11)10-2-3-12(13(14,15)16)9(6-10)7-17/h2-3,6,11,18H,4-5,8H2,1H3. The molecule has 3 nitrogen and oxygen atoms in total. The first-order valence-electron chi connectivity index (χ1n) is 5.98. The Morgan fingerprint density at radius 2 is 2.16 bits per heavy atom. The van der Waals surface area contributed by atoms with Crippen molar-refractivity contribution in [2.24, 2.45) is 0 Å². The van der Waals surface area contributed by atoms with E-state index < -0.39 is 11.7 Å². The predicted octanol–water partition coefficient (Wildman–Crippen LogP) is 2.38. The number of halogens is 3. The van der Waals surface area contributed by atoms with Gasteiger partial charge in [-0.05, 0) is 31.2 Å². The van der Waals surface area contributed by atoms with Crippen LogP contribution in [0.1, 0.15) is 17.5 Å². The highest BCUT2D eigenvalue weighted by Crippen LogP contribution is 2.34. The number of likely N-dealkylation sites (N-methyl/N-ethyl adjacent to an activating group) is 1. The number of benzene rings is 1. The van der Waals surface area contributed by atoms with Crippen molar-refractivity contribution >= 4 is 5.69 Å². The van der Waals surface area contributed by atoms with Crippen LogP contribution in [0.5, 0.6) is 0 Å². The quantitative estimate of drug-likeness (QED) is 0.896. The molecular weight excluding hydrogens is 255 g/mol. The summed E-state index contributed by atoms with van der Waals surface area (Å²) in [7, 11) is 1.83. The molecule has 1 unspecified atom stereocenters. The number of hydrogen-bond donors (Lipinski definition) is 1. The summed E-state index contributed by atoms with van der Waals surface area (Å²) < 4.78 is 38.1. The maximum Gasteiger partial charge on any atom is 0.417 e. The van der Waals surface area contributed by atoms with Crippen LogP contribution in [0.25, 0.3) is 0 Å². The minimum absolute atomic E-state index is 0.253. The lowest BCUT2D eigenvalue weighted by Gasteiger charge is -2.26. The average molecular weight is 269 g/mol. The number of anilines is 1. The van der Waals surface area contributed by atoms with Crippen molar-refractivity contribution in [3.63, 3.8) is 0 Å². The molecule has 102 valence electrons. The van der Waals surface area contributed by atoms with Gasteiger partial charge in [-0.25, -0.2) is 0 Å². The Hall–Kier alpha value is -1.74. The van der Waals surface area contributed by atoms with Crippen molar-refractivity contribution in [2.45, 2.75) is 18.6 Å². The summed E-state index contributed by atoms with van der Waals surface area (Å²) in [6.07, 6.45) is -3.55. The Labute approximate surface area is 109 Å². The van der Waals surface area contributed by atoms with Gasteiger partial charge >= 0.3 is 6.18 Å². The van der Waals surface area contributed by atoms with E-state index in [1.165, 1.54) is 12.1 Å². The third kappa shape index (κ3) is 2.82. The molecule has 0 saturated carbocycles. The van der Waals surface area contributed by atoms with E-state index in [0.717, 1.165) is 25.6 Å². The minimum atomic E-state index is -4.49. The lowest BCUT2D eigenvalue weighted by molar-refractivity contribution is -0.137. The van der Waals surface area contributed by atoms with E-state index >= 15 is 0 Å². The van der Waals surface area contributed by atoms with Crippen molar-refractivity contribution in [1.82, 2.24) is 5.32 Å². The first-order valence-corrected chi connectivity index (χ1v) is 5.98. The second kappa shape index (κ2) is 5.10. The summed E-state index contributed by atoms with van der Waals surface area (Å²) in [6, 6.07) is 5.58. The molecule has 1 aliphatic heterocycles. The highest BCUT2D eigenvalue weighted by molar-refractivity contribution is 5.55. The maximum atomic E-state index is 12.7. The average Bonchev–Trinajstić information content (AvgIpc) is 2.89. The number of alkyl halides is 3. The highest BCUT2D eigenvalue weighted by Gasteiger charge is 2.34. The molecule has 1 aromatic rings. The first kappa shape index (κ1) is 13.7. The molecule has 1 saturated heterocycles. The largest absolute Gasteiger partial charge is 0.417 e. The van der Waals surface area contributed by atoms with Gasteiger partial charge in [0.05, 0.1) is 17.2 Å². The molecule has 0 aromatic heterocycles. The molecule has 1 fully saturated rings. The van der Waals surface area contributed by atoms with Gasteiger partial charge in [-0.1, -0.05) is 0 Å². The van der Waals surface area contributed by atoms with Gasteiger partial charge in [-0.15, -0.1) is 0 Å². The van der Waals surface area contributed by atoms with Crippen molar-refractivity contribution in [1.29, 1.82) is 5.26 Å². The van der Waals surface area contributed by atoms with Gasteiger partial charge in [0.15, 0.2) is 0 Å². The van der Waals surface area contributed by atoms with Gasteiger partial charge in [-0.2, -0.15) is 18.4 Å². The van der Waals surface area contributed by atoms with E-state index in [0.29, 0.717) is 5.69 Å². The monoisotopic (exact) mass is 269 g/mol. The lowest BCUT2D eigenvalue weighted by Crippen LogP contribution is -2.33.